The van der Waals surface area contributed by atoms with Crippen LogP contribution in [0.5, 0.6) is 0 Å². The smallest absolute Gasteiger partial charge is 0.0550 e. The van der Waals surface area contributed by atoms with E-state index < -0.39 is 0 Å². The Labute approximate surface area is 93.4 Å². The van der Waals surface area contributed by atoms with Crippen LogP contribution in [0.2, 0.25) is 5.02 Å². The Bertz CT molecular complexity index is 283. The van der Waals surface area contributed by atoms with E-state index in [1.807, 2.05) is 12.1 Å². The first-order chi connectivity index (χ1) is 6.15. The van der Waals surface area contributed by atoms with Gasteiger partial charge in [0, 0.05) is 4.47 Å². The highest BCUT2D eigenvalue weighted by molar-refractivity contribution is 9.10. The van der Waals surface area contributed by atoms with Gasteiger partial charge >= 0.3 is 0 Å². The summed E-state index contributed by atoms with van der Waals surface area (Å²) in [6.45, 7) is 4.44. The molecule has 0 heterocycles. The number of hydrogen-bond donors (Lipinski definition) is 0. The molecule has 13 heavy (non-hydrogen) atoms. The summed E-state index contributed by atoms with van der Waals surface area (Å²) in [5.41, 5.74) is 1.33. The molecule has 2 heteroatoms. The largest absolute Gasteiger partial charge is 0.0831 e. The third kappa shape index (κ3) is 2.99. The van der Waals surface area contributed by atoms with Crippen LogP contribution >= 0.6 is 27.5 Å². The zero-order valence-electron chi connectivity index (χ0n) is 7.98. The fourth-order valence-electron chi connectivity index (χ4n) is 1.42. The first kappa shape index (κ1) is 11.1. The summed E-state index contributed by atoms with van der Waals surface area (Å²) in [7, 11) is 0. The van der Waals surface area contributed by atoms with Crippen molar-refractivity contribution in [2.24, 2.45) is 0 Å². The summed E-state index contributed by atoms with van der Waals surface area (Å²) in [6, 6.07) is 6.20. The molecule has 1 atom stereocenters. The van der Waals surface area contributed by atoms with Crippen LogP contribution in [0, 0.1) is 0 Å². The lowest BCUT2D eigenvalue weighted by molar-refractivity contribution is 0.665. The molecule has 0 radical (unpaired) electrons. The quantitative estimate of drug-likeness (QED) is 0.718. The molecular weight excluding hydrogens is 247 g/mol. The first-order valence-corrected chi connectivity index (χ1v) is 5.77. The van der Waals surface area contributed by atoms with Gasteiger partial charge in [-0.2, -0.15) is 0 Å². The molecule has 0 nitrogen and oxygen atoms in total. The summed E-state index contributed by atoms with van der Waals surface area (Å²) < 4.78 is 0.974. The number of hydrogen-bond acceptors (Lipinski definition) is 0. The Morgan fingerprint density at radius 2 is 2.15 bits per heavy atom. The summed E-state index contributed by atoms with van der Waals surface area (Å²) in [4.78, 5) is 0. The van der Waals surface area contributed by atoms with E-state index in [4.69, 9.17) is 11.6 Å². The average molecular weight is 262 g/mol. The Kier molecular flexibility index (Phi) is 4.27. The molecule has 0 N–H and O–H groups in total. The molecule has 0 bridgehead atoms. The SMILES string of the molecule is CCCC(C)c1ccc(Br)c(Cl)c1. The molecule has 0 aliphatic rings. The van der Waals surface area contributed by atoms with E-state index in [-0.39, 0.29) is 0 Å². The van der Waals surface area contributed by atoms with Crippen molar-refractivity contribution in [3.05, 3.63) is 33.3 Å². The zero-order chi connectivity index (χ0) is 9.84. The van der Waals surface area contributed by atoms with Gasteiger partial charge in [0.2, 0.25) is 0 Å². The lowest BCUT2D eigenvalue weighted by Gasteiger charge is -2.10. The van der Waals surface area contributed by atoms with Crippen LogP contribution in [0.25, 0.3) is 0 Å². The lowest BCUT2D eigenvalue weighted by atomic mass is 9.97. The average Bonchev–Trinajstić information content (AvgIpc) is 2.10. The Hall–Kier alpha value is -0.0100. The minimum Gasteiger partial charge on any atom is -0.0831 e. The molecule has 72 valence electrons. The predicted octanol–water partition coefficient (Wildman–Crippen LogP) is 5.01. The molecule has 0 saturated heterocycles. The minimum atomic E-state index is 0.607. The van der Waals surface area contributed by atoms with Crippen LogP contribution in [-0.4, -0.2) is 0 Å². The lowest BCUT2D eigenvalue weighted by Crippen LogP contribution is -1.92. The standard InChI is InChI=1S/C11H14BrCl/c1-3-4-8(2)9-5-6-10(12)11(13)7-9/h5-8H,3-4H2,1-2H3. The van der Waals surface area contributed by atoms with E-state index in [9.17, 15) is 0 Å². The first-order valence-electron chi connectivity index (χ1n) is 4.60. The van der Waals surface area contributed by atoms with Crippen molar-refractivity contribution >= 4 is 27.5 Å². The van der Waals surface area contributed by atoms with Gasteiger partial charge in [0.1, 0.15) is 0 Å². The van der Waals surface area contributed by atoms with E-state index in [0.29, 0.717) is 5.92 Å². The van der Waals surface area contributed by atoms with Crippen LogP contribution in [0.3, 0.4) is 0 Å². The zero-order valence-corrected chi connectivity index (χ0v) is 10.3. The van der Waals surface area contributed by atoms with Crippen LogP contribution in [0.1, 0.15) is 38.2 Å². The van der Waals surface area contributed by atoms with E-state index >= 15 is 0 Å². The second-order valence-electron chi connectivity index (χ2n) is 3.36. The highest BCUT2D eigenvalue weighted by Gasteiger charge is 2.05. The maximum atomic E-state index is 6.01. The van der Waals surface area contributed by atoms with Crippen LogP contribution in [-0.2, 0) is 0 Å². The molecule has 0 aliphatic heterocycles. The second kappa shape index (κ2) is 5.02. The van der Waals surface area contributed by atoms with Crippen molar-refractivity contribution in [3.8, 4) is 0 Å². The monoisotopic (exact) mass is 260 g/mol. The normalized spacial score (nSPS) is 12.9. The molecule has 0 saturated carbocycles. The van der Waals surface area contributed by atoms with Crippen molar-refractivity contribution in [1.82, 2.24) is 0 Å². The van der Waals surface area contributed by atoms with Crippen LogP contribution < -0.4 is 0 Å². The molecule has 0 aliphatic carbocycles. The number of benzene rings is 1. The van der Waals surface area contributed by atoms with E-state index in [1.165, 1.54) is 18.4 Å². The van der Waals surface area contributed by atoms with Gasteiger partial charge in [0.25, 0.3) is 0 Å². The van der Waals surface area contributed by atoms with E-state index in [0.717, 1.165) is 9.50 Å². The summed E-state index contributed by atoms with van der Waals surface area (Å²) in [6.07, 6.45) is 2.44. The van der Waals surface area contributed by atoms with E-state index in [2.05, 4.69) is 35.8 Å². The summed E-state index contributed by atoms with van der Waals surface area (Å²) in [5, 5.41) is 0.806. The molecule has 1 unspecified atom stereocenters. The molecule has 1 aromatic rings. The van der Waals surface area contributed by atoms with Crippen molar-refractivity contribution in [1.29, 1.82) is 0 Å². The van der Waals surface area contributed by atoms with Crippen LogP contribution in [0.15, 0.2) is 22.7 Å². The van der Waals surface area contributed by atoms with Crippen molar-refractivity contribution in [3.63, 3.8) is 0 Å². The van der Waals surface area contributed by atoms with Gasteiger partial charge in [0.15, 0.2) is 0 Å². The highest BCUT2D eigenvalue weighted by atomic mass is 79.9. The molecule has 0 spiro atoms. The van der Waals surface area contributed by atoms with Crippen LogP contribution in [0.4, 0.5) is 0 Å². The minimum absolute atomic E-state index is 0.607. The second-order valence-corrected chi connectivity index (χ2v) is 4.62. The van der Waals surface area contributed by atoms with Gasteiger partial charge in [-0.05, 0) is 46.0 Å². The van der Waals surface area contributed by atoms with Crippen molar-refractivity contribution in [2.75, 3.05) is 0 Å². The Morgan fingerprint density at radius 3 is 2.69 bits per heavy atom. The van der Waals surface area contributed by atoms with E-state index in [1.54, 1.807) is 0 Å². The number of halogens is 2. The Morgan fingerprint density at radius 1 is 1.46 bits per heavy atom. The third-order valence-electron chi connectivity index (χ3n) is 2.23. The number of rotatable bonds is 3. The van der Waals surface area contributed by atoms with Gasteiger partial charge < -0.3 is 0 Å². The summed E-state index contributed by atoms with van der Waals surface area (Å²) >= 11 is 9.40. The van der Waals surface area contributed by atoms with Gasteiger partial charge in [-0.25, -0.2) is 0 Å². The molecule has 1 aromatic carbocycles. The molecule has 1 rings (SSSR count). The van der Waals surface area contributed by atoms with Gasteiger partial charge in [0.05, 0.1) is 5.02 Å². The summed E-state index contributed by atoms with van der Waals surface area (Å²) in [5.74, 6) is 0.607. The van der Waals surface area contributed by atoms with Gasteiger partial charge in [-0.1, -0.05) is 37.9 Å². The van der Waals surface area contributed by atoms with Crippen molar-refractivity contribution < 1.29 is 0 Å². The Balaban J connectivity index is 2.84. The fourth-order valence-corrected chi connectivity index (χ4v) is 1.85. The topological polar surface area (TPSA) is 0 Å². The van der Waals surface area contributed by atoms with Gasteiger partial charge in [-0.15, -0.1) is 0 Å². The van der Waals surface area contributed by atoms with Crippen molar-refractivity contribution in [2.45, 2.75) is 32.6 Å². The maximum Gasteiger partial charge on any atom is 0.0550 e. The van der Waals surface area contributed by atoms with Gasteiger partial charge in [-0.3, -0.25) is 0 Å². The fraction of sp³-hybridized carbons (Fsp3) is 0.455. The highest BCUT2D eigenvalue weighted by Crippen LogP contribution is 2.28. The predicted molar refractivity (Wildman–Crippen MR) is 62.5 cm³/mol. The molecular formula is C11H14BrCl. The molecule has 0 amide bonds. The molecule has 0 fully saturated rings. The maximum absolute atomic E-state index is 6.01. The molecule has 0 aromatic heterocycles. The third-order valence-corrected chi connectivity index (χ3v) is 3.47.